The van der Waals surface area contributed by atoms with Gasteiger partial charge in [0.15, 0.2) is 0 Å². The average Bonchev–Trinajstić information content (AvgIpc) is 2.61. The van der Waals surface area contributed by atoms with Gasteiger partial charge in [0, 0.05) is 0 Å². The van der Waals surface area contributed by atoms with Crippen LogP contribution in [0.2, 0.25) is 38.0 Å². The van der Waals surface area contributed by atoms with Gasteiger partial charge < -0.3 is 0 Å². The molecule has 0 fully saturated rings. The molecule has 0 amide bonds. The molecule has 0 unspecified atom stereocenters. The molecule has 0 aliphatic carbocycles. The van der Waals surface area contributed by atoms with Gasteiger partial charge in [0.05, 0.1) is 0 Å². The second-order valence-electron chi connectivity index (χ2n) is 12.3. The van der Waals surface area contributed by atoms with E-state index >= 15 is 0 Å². The number of hydrogen-bond acceptors (Lipinski definition) is 0. The summed E-state index contributed by atoms with van der Waals surface area (Å²) in [5.74, 6) is 0. The molecule has 0 aromatic rings. The number of hydrogen-bond donors (Lipinski definition) is 0. The van der Waals surface area contributed by atoms with Crippen molar-refractivity contribution in [3.8, 4) is 0 Å². The van der Waals surface area contributed by atoms with Crippen molar-refractivity contribution in [1.82, 2.24) is 0 Å². The normalized spacial score (nSPS) is 12.7. The first-order valence-electron chi connectivity index (χ1n) is 14.4. The van der Waals surface area contributed by atoms with Gasteiger partial charge in [-0.05, 0) is 0 Å². The van der Waals surface area contributed by atoms with Gasteiger partial charge in [-0.15, -0.1) is 0 Å². The molecule has 0 heterocycles. The van der Waals surface area contributed by atoms with Crippen LogP contribution in [0.5, 0.6) is 0 Å². The summed E-state index contributed by atoms with van der Waals surface area (Å²) in [7, 11) is 0. The van der Waals surface area contributed by atoms with E-state index in [0.29, 0.717) is 30.9 Å². The minimum atomic E-state index is -1.07. The fourth-order valence-electron chi connectivity index (χ4n) is 4.61. The van der Waals surface area contributed by atoms with Crippen molar-refractivity contribution in [3.63, 3.8) is 0 Å². The van der Waals surface area contributed by atoms with Gasteiger partial charge in [-0.3, -0.25) is 0 Å². The van der Waals surface area contributed by atoms with Crippen molar-refractivity contribution < 1.29 is 0 Å². The SMILES string of the molecule is CCCC/[C](=[CH]/[Ge]([CH](C)C)[CH](C)C)[Ge]([CH](C)C)[CH](C)C.C[CH](C)[Ge][CH](C)C.C[CH](C)[Ge][CH](C)C. The molecule has 0 N–H and O–H groups in total. The summed E-state index contributed by atoms with van der Waals surface area (Å²) in [4.78, 5) is 2.90. The molecule has 0 aliphatic heterocycles. The van der Waals surface area contributed by atoms with Crippen LogP contribution in [0.1, 0.15) is 137 Å². The molecule has 0 aromatic carbocycles. The van der Waals surface area contributed by atoms with E-state index in [0.717, 1.165) is 38.0 Å². The van der Waals surface area contributed by atoms with Gasteiger partial charge >= 0.3 is 244 Å². The predicted octanol–water partition coefficient (Wildman–Crippen LogP) is 11.5. The van der Waals surface area contributed by atoms with Crippen LogP contribution in [0, 0.1) is 0 Å². The molecule has 0 bridgehead atoms. The van der Waals surface area contributed by atoms with Gasteiger partial charge in [-0.1, -0.05) is 0 Å². The Labute approximate surface area is 242 Å². The summed E-state index contributed by atoms with van der Waals surface area (Å²) in [5, 5.41) is 0. The van der Waals surface area contributed by atoms with Crippen LogP contribution in [0.15, 0.2) is 9.31 Å². The summed E-state index contributed by atoms with van der Waals surface area (Å²) in [6.45, 7) is 40.7. The number of unbranched alkanes of at least 4 members (excludes halogenated alkanes) is 1. The van der Waals surface area contributed by atoms with E-state index in [9.17, 15) is 0 Å². The third-order valence-electron chi connectivity index (χ3n) is 5.42. The Morgan fingerprint density at radius 1 is 0.559 bits per heavy atom. The van der Waals surface area contributed by atoms with Crippen molar-refractivity contribution in [3.05, 3.63) is 9.31 Å². The van der Waals surface area contributed by atoms with Gasteiger partial charge in [0.25, 0.3) is 0 Å². The Balaban J connectivity index is -0.000000558. The van der Waals surface area contributed by atoms with E-state index in [2.05, 4.69) is 123 Å². The molecule has 0 saturated heterocycles. The van der Waals surface area contributed by atoms with Gasteiger partial charge in [-0.2, -0.15) is 0 Å². The topological polar surface area (TPSA) is 0 Å². The molecular formula is C30H66Ge4. The Morgan fingerprint density at radius 3 is 1.06 bits per heavy atom. The Hall–Kier alpha value is 1.91. The molecular weight excluding hydrogens is 651 g/mol. The minimum absolute atomic E-state index is 0.389. The van der Waals surface area contributed by atoms with E-state index in [1.165, 1.54) is 19.3 Å². The van der Waals surface area contributed by atoms with Crippen molar-refractivity contribution >= 4 is 59.6 Å². The summed E-state index contributed by atoms with van der Waals surface area (Å²) in [5.41, 5.74) is 0. The molecule has 0 rings (SSSR count). The molecule has 34 heavy (non-hydrogen) atoms. The second-order valence-corrected chi connectivity index (χ2v) is 39.0. The van der Waals surface area contributed by atoms with E-state index in [4.69, 9.17) is 0 Å². The first-order chi connectivity index (χ1) is 15.5. The van der Waals surface area contributed by atoms with E-state index < -0.39 is 28.7 Å². The quantitative estimate of drug-likeness (QED) is 0.167. The fraction of sp³-hybridized carbons (Fsp3) is 0.933. The zero-order valence-electron chi connectivity index (χ0n) is 26.8. The summed E-state index contributed by atoms with van der Waals surface area (Å²) < 4.78 is 9.74. The third kappa shape index (κ3) is 25.6. The summed E-state index contributed by atoms with van der Waals surface area (Å²) >= 11 is -1.34. The summed E-state index contributed by atoms with van der Waals surface area (Å²) in [6.07, 6.45) is 4.17. The van der Waals surface area contributed by atoms with Crippen molar-refractivity contribution in [2.75, 3.05) is 0 Å². The van der Waals surface area contributed by atoms with Crippen LogP contribution in [0.25, 0.3) is 0 Å². The van der Waals surface area contributed by atoms with Crippen LogP contribution >= 0.6 is 0 Å². The van der Waals surface area contributed by atoms with Crippen molar-refractivity contribution in [2.24, 2.45) is 0 Å². The molecule has 0 aromatic heterocycles. The van der Waals surface area contributed by atoms with E-state index in [1.54, 1.807) is 0 Å². The van der Waals surface area contributed by atoms with Gasteiger partial charge in [-0.25, -0.2) is 0 Å². The zero-order chi connectivity index (χ0) is 27.6. The van der Waals surface area contributed by atoms with Gasteiger partial charge in [0.2, 0.25) is 0 Å². The Kier molecular flexibility index (Phi) is 28.5. The van der Waals surface area contributed by atoms with Crippen LogP contribution in [-0.4, -0.2) is 59.6 Å². The van der Waals surface area contributed by atoms with Crippen LogP contribution in [0.3, 0.4) is 0 Å². The molecule has 202 valence electrons. The van der Waals surface area contributed by atoms with Crippen molar-refractivity contribution in [2.45, 2.75) is 175 Å². The third-order valence-corrected chi connectivity index (χ3v) is 26.9. The standard InChI is InChI=1S/C18H38Ge2.2C6H14Ge/c1-10-11-12-18(20(16(6)7)17(8)9)13-19(14(2)3)15(4)5;2*1-5(2)7-6(3)4/h13-17H,10-12H2,1-9H3;2*5-6H,1-4H3/b18-13-;;. The molecule has 4 heteroatoms. The van der Waals surface area contributed by atoms with Crippen molar-refractivity contribution in [1.29, 1.82) is 0 Å². The molecule has 0 aliphatic rings. The van der Waals surface area contributed by atoms with E-state index in [1.807, 2.05) is 4.41 Å². The monoisotopic (exact) mass is 722 g/mol. The van der Waals surface area contributed by atoms with Crippen LogP contribution < -0.4 is 0 Å². The maximum atomic E-state index is 2.90. The predicted molar refractivity (Wildman–Crippen MR) is 171 cm³/mol. The molecule has 6 radical (unpaired) electrons. The Morgan fingerprint density at radius 2 is 0.882 bits per heavy atom. The number of allylic oxidation sites excluding steroid dienone is 1. The molecule has 0 saturated carbocycles. The fourth-order valence-corrected chi connectivity index (χ4v) is 26.4. The first-order valence-corrected chi connectivity index (χ1v) is 26.4. The Bertz CT molecular complexity index is 420. The molecule has 0 nitrogen and oxygen atoms in total. The van der Waals surface area contributed by atoms with Gasteiger partial charge in [0.1, 0.15) is 0 Å². The summed E-state index contributed by atoms with van der Waals surface area (Å²) in [6, 6.07) is 0. The first kappa shape index (κ1) is 40.4. The zero-order valence-corrected chi connectivity index (χ0v) is 35.2. The second kappa shape index (κ2) is 24.0. The number of rotatable bonds is 13. The van der Waals surface area contributed by atoms with Crippen LogP contribution in [0.4, 0.5) is 0 Å². The average molecular weight is 717 g/mol. The molecule has 0 atom stereocenters. The van der Waals surface area contributed by atoms with E-state index in [-0.39, 0.29) is 0 Å². The molecule has 0 spiro atoms. The van der Waals surface area contributed by atoms with Crippen LogP contribution in [-0.2, 0) is 0 Å². The maximum absolute atomic E-state index is 2.90.